The molecule has 0 saturated carbocycles. The first-order valence-corrected chi connectivity index (χ1v) is 8.33. The van der Waals surface area contributed by atoms with Crippen molar-refractivity contribution >= 4 is 44.8 Å². The van der Waals surface area contributed by atoms with Crippen LogP contribution in [0, 0.1) is 0 Å². The summed E-state index contributed by atoms with van der Waals surface area (Å²) >= 11 is 11.7. The standard InChI is InChI=1S/C11H15Cl2N3O3S/c1-20(18,19)16-4-2-3-15-11(17)7-5-8(12)10(14)9(13)6-7/h5-6,16H,2-4,14H2,1H3,(H,15,17). The van der Waals surface area contributed by atoms with Crippen LogP contribution in [0.4, 0.5) is 5.69 Å². The van der Waals surface area contributed by atoms with E-state index >= 15 is 0 Å². The maximum absolute atomic E-state index is 11.8. The summed E-state index contributed by atoms with van der Waals surface area (Å²) < 4.78 is 24.0. The Balaban J connectivity index is 2.48. The number of carbonyl (C=O) groups is 1. The van der Waals surface area contributed by atoms with Gasteiger partial charge in [-0.3, -0.25) is 4.79 Å². The van der Waals surface area contributed by atoms with Gasteiger partial charge < -0.3 is 11.1 Å². The first kappa shape index (κ1) is 17.0. The van der Waals surface area contributed by atoms with Gasteiger partial charge in [0.2, 0.25) is 10.0 Å². The Labute approximate surface area is 127 Å². The molecular formula is C11H15Cl2N3O3S. The lowest BCUT2D eigenvalue weighted by atomic mass is 10.2. The highest BCUT2D eigenvalue weighted by atomic mass is 35.5. The van der Waals surface area contributed by atoms with Crippen LogP contribution in [0.3, 0.4) is 0 Å². The Morgan fingerprint density at radius 2 is 1.80 bits per heavy atom. The number of rotatable bonds is 6. The minimum absolute atomic E-state index is 0.210. The number of amides is 1. The molecule has 1 amide bonds. The van der Waals surface area contributed by atoms with Crippen molar-refractivity contribution in [3.05, 3.63) is 27.7 Å². The van der Waals surface area contributed by atoms with Gasteiger partial charge in [0, 0.05) is 18.7 Å². The van der Waals surface area contributed by atoms with Gasteiger partial charge in [-0.2, -0.15) is 0 Å². The van der Waals surface area contributed by atoms with Gasteiger partial charge in [-0.05, 0) is 18.6 Å². The number of hydrogen-bond donors (Lipinski definition) is 3. The number of hydrogen-bond acceptors (Lipinski definition) is 4. The molecule has 0 saturated heterocycles. The van der Waals surface area contributed by atoms with E-state index < -0.39 is 10.0 Å². The van der Waals surface area contributed by atoms with Crippen LogP contribution in [0.15, 0.2) is 12.1 Å². The second-order valence-electron chi connectivity index (χ2n) is 4.13. The number of nitrogens with one attached hydrogen (secondary N) is 2. The molecule has 0 spiro atoms. The van der Waals surface area contributed by atoms with E-state index in [0.29, 0.717) is 18.5 Å². The van der Waals surface area contributed by atoms with E-state index in [1.807, 2.05) is 0 Å². The van der Waals surface area contributed by atoms with Crippen molar-refractivity contribution in [3.8, 4) is 0 Å². The van der Waals surface area contributed by atoms with Gasteiger partial charge in [0.15, 0.2) is 0 Å². The van der Waals surface area contributed by atoms with Crippen LogP contribution in [0.2, 0.25) is 10.0 Å². The molecule has 20 heavy (non-hydrogen) atoms. The summed E-state index contributed by atoms with van der Waals surface area (Å²) in [4.78, 5) is 11.8. The largest absolute Gasteiger partial charge is 0.396 e. The first-order chi connectivity index (χ1) is 9.20. The molecule has 0 fully saturated rings. The Bertz CT molecular complexity index is 582. The van der Waals surface area contributed by atoms with E-state index in [-0.39, 0.29) is 28.2 Å². The monoisotopic (exact) mass is 339 g/mol. The van der Waals surface area contributed by atoms with Gasteiger partial charge in [-0.15, -0.1) is 0 Å². The van der Waals surface area contributed by atoms with Crippen LogP contribution in [0.5, 0.6) is 0 Å². The number of sulfonamides is 1. The molecule has 9 heteroatoms. The summed E-state index contributed by atoms with van der Waals surface area (Å²) in [6.07, 6.45) is 1.54. The van der Waals surface area contributed by atoms with Gasteiger partial charge in [0.05, 0.1) is 22.0 Å². The van der Waals surface area contributed by atoms with Gasteiger partial charge in [-0.25, -0.2) is 13.1 Å². The van der Waals surface area contributed by atoms with E-state index in [1.165, 1.54) is 12.1 Å². The fraction of sp³-hybridized carbons (Fsp3) is 0.364. The summed E-state index contributed by atoms with van der Waals surface area (Å²) in [7, 11) is -3.20. The highest BCUT2D eigenvalue weighted by Crippen LogP contribution is 2.28. The second kappa shape index (κ2) is 7.12. The van der Waals surface area contributed by atoms with Crippen molar-refractivity contribution in [1.82, 2.24) is 10.0 Å². The molecule has 0 unspecified atom stereocenters. The summed E-state index contributed by atoms with van der Waals surface area (Å²) in [5.41, 5.74) is 6.09. The molecule has 0 aliphatic heterocycles. The topological polar surface area (TPSA) is 101 Å². The summed E-state index contributed by atoms with van der Waals surface area (Å²) in [5.74, 6) is -0.354. The summed E-state index contributed by atoms with van der Waals surface area (Å²) in [6.45, 7) is 0.573. The zero-order valence-corrected chi connectivity index (χ0v) is 13.1. The molecule has 0 bridgehead atoms. The van der Waals surface area contributed by atoms with Crippen LogP contribution in [-0.4, -0.2) is 33.7 Å². The van der Waals surface area contributed by atoms with Gasteiger partial charge in [0.25, 0.3) is 5.91 Å². The van der Waals surface area contributed by atoms with Crippen molar-refractivity contribution in [2.75, 3.05) is 25.1 Å². The van der Waals surface area contributed by atoms with Crippen molar-refractivity contribution < 1.29 is 13.2 Å². The SMILES string of the molecule is CS(=O)(=O)NCCCNC(=O)c1cc(Cl)c(N)c(Cl)c1. The zero-order chi connectivity index (χ0) is 15.3. The number of nitrogens with two attached hydrogens (primary N) is 1. The first-order valence-electron chi connectivity index (χ1n) is 5.68. The highest BCUT2D eigenvalue weighted by molar-refractivity contribution is 7.88. The number of carbonyl (C=O) groups excluding carboxylic acids is 1. The quantitative estimate of drug-likeness (QED) is 0.536. The Morgan fingerprint density at radius 3 is 2.30 bits per heavy atom. The van der Waals surface area contributed by atoms with Crippen LogP contribution in [-0.2, 0) is 10.0 Å². The molecule has 0 radical (unpaired) electrons. The lowest BCUT2D eigenvalue weighted by Crippen LogP contribution is -2.29. The molecule has 0 aliphatic carbocycles. The van der Waals surface area contributed by atoms with Crippen LogP contribution in [0.1, 0.15) is 16.8 Å². The molecule has 0 atom stereocenters. The van der Waals surface area contributed by atoms with Gasteiger partial charge in [-0.1, -0.05) is 23.2 Å². The number of halogens is 2. The van der Waals surface area contributed by atoms with Gasteiger partial charge >= 0.3 is 0 Å². The third-order valence-corrected chi connectivity index (χ3v) is 3.70. The van der Waals surface area contributed by atoms with E-state index in [4.69, 9.17) is 28.9 Å². The van der Waals surface area contributed by atoms with Crippen LogP contribution >= 0.6 is 23.2 Å². The van der Waals surface area contributed by atoms with E-state index in [2.05, 4.69) is 10.0 Å². The lowest BCUT2D eigenvalue weighted by molar-refractivity contribution is 0.0953. The molecule has 1 aromatic rings. The molecule has 6 nitrogen and oxygen atoms in total. The highest BCUT2D eigenvalue weighted by Gasteiger charge is 2.10. The maximum atomic E-state index is 11.8. The smallest absolute Gasteiger partial charge is 0.251 e. The Morgan fingerprint density at radius 1 is 1.25 bits per heavy atom. The van der Waals surface area contributed by atoms with Crippen molar-refractivity contribution in [3.63, 3.8) is 0 Å². The van der Waals surface area contributed by atoms with Crippen LogP contribution in [0.25, 0.3) is 0 Å². The molecule has 0 heterocycles. The molecule has 112 valence electrons. The minimum atomic E-state index is -3.20. The predicted molar refractivity (Wildman–Crippen MR) is 80.7 cm³/mol. The number of nitrogen functional groups attached to an aromatic ring is 1. The number of anilines is 1. The fourth-order valence-corrected chi connectivity index (χ4v) is 2.37. The third kappa shape index (κ3) is 5.54. The Kier molecular flexibility index (Phi) is 6.07. The lowest BCUT2D eigenvalue weighted by Gasteiger charge is -2.08. The molecule has 0 aliphatic rings. The predicted octanol–water partition coefficient (Wildman–Crippen LogP) is 1.24. The Hall–Kier alpha value is -1.02. The maximum Gasteiger partial charge on any atom is 0.251 e. The third-order valence-electron chi connectivity index (χ3n) is 2.34. The van der Waals surface area contributed by atoms with E-state index in [9.17, 15) is 13.2 Å². The molecule has 0 aromatic heterocycles. The normalized spacial score (nSPS) is 11.3. The van der Waals surface area contributed by atoms with Crippen LogP contribution < -0.4 is 15.8 Å². The fourth-order valence-electron chi connectivity index (χ4n) is 1.37. The molecule has 1 aromatic carbocycles. The van der Waals surface area contributed by atoms with Crippen molar-refractivity contribution in [2.45, 2.75) is 6.42 Å². The second-order valence-corrected chi connectivity index (χ2v) is 6.78. The minimum Gasteiger partial charge on any atom is -0.396 e. The number of benzene rings is 1. The average molecular weight is 340 g/mol. The molecule has 4 N–H and O–H groups in total. The summed E-state index contributed by atoms with van der Waals surface area (Å²) in [6, 6.07) is 2.85. The van der Waals surface area contributed by atoms with E-state index in [1.54, 1.807) is 0 Å². The molecule has 1 rings (SSSR count). The van der Waals surface area contributed by atoms with Crippen molar-refractivity contribution in [2.24, 2.45) is 0 Å². The summed E-state index contributed by atoms with van der Waals surface area (Å²) in [5, 5.41) is 3.05. The average Bonchev–Trinajstić information content (AvgIpc) is 2.33. The van der Waals surface area contributed by atoms with E-state index in [0.717, 1.165) is 6.26 Å². The zero-order valence-electron chi connectivity index (χ0n) is 10.7. The van der Waals surface area contributed by atoms with Crippen molar-refractivity contribution in [1.29, 1.82) is 0 Å². The molecular weight excluding hydrogens is 325 g/mol. The van der Waals surface area contributed by atoms with Gasteiger partial charge in [0.1, 0.15) is 0 Å².